The van der Waals surface area contributed by atoms with Crippen molar-refractivity contribution in [1.82, 2.24) is 5.32 Å². The van der Waals surface area contributed by atoms with Gasteiger partial charge in [0.15, 0.2) is 0 Å². The van der Waals surface area contributed by atoms with E-state index in [1.165, 1.54) is 9.13 Å². The summed E-state index contributed by atoms with van der Waals surface area (Å²) < 4.78 is 15.0. The minimum Gasteiger partial charge on any atom is -0.306 e. The van der Waals surface area contributed by atoms with Crippen LogP contribution < -0.4 is 5.32 Å². The normalized spacial score (nSPS) is 12.4. The molecule has 0 spiro atoms. The molecule has 0 heterocycles. The third kappa shape index (κ3) is 3.79. The summed E-state index contributed by atoms with van der Waals surface area (Å²) in [6.07, 6.45) is 1.05. The lowest BCUT2D eigenvalue weighted by Gasteiger charge is -2.20. The van der Waals surface area contributed by atoms with Gasteiger partial charge >= 0.3 is 0 Å². The molecule has 1 nitrogen and oxygen atoms in total. The zero-order chi connectivity index (χ0) is 14.5. The summed E-state index contributed by atoms with van der Waals surface area (Å²) in [6.45, 7) is 4.83. The molecule has 3 heteroatoms. The van der Waals surface area contributed by atoms with Crippen LogP contribution >= 0.6 is 22.6 Å². The Kier molecular flexibility index (Phi) is 5.54. The summed E-state index contributed by atoms with van der Waals surface area (Å²) in [5.74, 6) is -0.142. The molecule has 2 aromatic rings. The molecule has 0 aliphatic carbocycles. The third-order valence-electron chi connectivity index (χ3n) is 3.31. The molecule has 0 fully saturated rings. The van der Waals surface area contributed by atoms with E-state index in [2.05, 4.69) is 53.0 Å². The minimum atomic E-state index is -0.142. The fourth-order valence-corrected chi connectivity index (χ4v) is 2.76. The Morgan fingerprint density at radius 1 is 1.15 bits per heavy atom. The molecule has 0 radical (unpaired) electrons. The maximum absolute atomic E-state index is 13.8. The van der Waals surface area contributed by atoms with Crippen molar-refractivity contribution < 1.29 is 4.39 Å². The highest BCUT2D eigenvalue weighted by Crippen LogP contribution is 2.25. The average Bonchev–Trinajstić information content (AvgIpc) is 2.43. The Balaban J connectivity index is 2.38. The average molecular weight is 383 g/mol. The molecule has 0 aliphatic rings. The molecular formula is C17H19FIN. The Hall–Kier alpha value is -0.940. The van der Waals surface area contributed by atoms with E-state index < -0.39 is 0 Å². The van der Waals surface area contributed by atoms with E-state index in [0.29, 0.717) is 5.56 Å². The smallest absolute Gasteiger partial charge is 0.126 e. The van der Waals surface area contributed by atoms with Gasteiger partial charge in [-0.05, 0) is 77.4 Å². The maximum Gasteiger partial charge on any atom is 0.126 e. The lowest BCUT2D eigenvalue weighted by molar-refractivity contribution is 0.582. The monoisotopic (exact) mass is 383 g/mol. The van der Waals surface area contributed by atoms with Gasteiger partial charge in [-0.2, -0.15) is 0 Å². The summed E-state index contributed by atoms with van der Waals surface area (Å²) in [7, 11) is 0. The summed E-state index contributed by atoms with van der Waals surface area (Å²) in [6, 6.07) is 13.9. The number of hydrogen-bond donors (Lipinski definition) is 1. The van der Waals surface area contributed by atoms with Crippen molar-refractivity contribution >= 4 is 22.6 Å². The number of nitrogens with one attached hydrogen (secondary N) is 1. The van der Waals surface area contributed by atoms with Crippen LogP contribution in [-0.4, -0.2) is 6.54 Å². The van der Waals surface area contributed by atoms with Crippen molar-refractivity contribution in [2.45, 2.75) is 26.3 Å². The molecule has 2 rings (SSSR count). The number of hydrogen-bond acceptors (Lipinski definition) is 1. The second-order valence-electron chi connectivity index (χ2n) is 4.95. The van der Waals surface area contributed by atoms with E-state index in [9.17, 15) is 4.39 Å². The van der Waals surface area contributed by atoms with Crippen LogP contribution in [0.25, 0.3) is 0 Å². The van der Waals surface area contributed by atoms with Crippen LogP contribution in [0.5, 0.6) is 0 Å². The fourth-order valence-electron chi connectivity index (χ4n) is 2.19. The maximum atomic E-state index is 13.8. The molecule has 1 atom stereocenters. The molecule has 0 saturated heterocycles. The molecule has 0 amide bonds. The number of rotatable bonds is 5. The summed E-state index contributed by atoms with van der Waals surface area (Å²) in [5, 5.41) is 3.51. The predicted octanol–water partition coefficient (Wildman–Crippen LogP) is 4.83. The van der Waals surface area contributed by atoms with Gasteiger partial charge in [0.25, 0.3) is 0 Å². The van der Waals surface area contributed by atoms with E-state index in [1.54, 1.807) is 13.0 Å². The Morgan fingerprint density at radius 3 is 2.55 bits per heavy atom. The van der Waals surface area contributed by atoms with Gasteiger partial charge in [0, 0.05) is 3.57 Å². The van der Waals surface area contributed by atoms with Crippen LogP contribution in [0.4, 0.5) is 4.39 Å². The first-order valence-electron chi connectivity index (χ1n) is 6.86. The molecule has 106 valence electrons. The van der Waals surface area contributed by atoms with E-state index >= 15 is 0 Å². The van der Waals surface area contributed by atoms with Crippen molar-refractivity contribution in [2.75, 3.05) is 6.54 Å². The van der Waals surface area contributed by atoms with E-state index in [0.717, 1.165) is 18.5 Å². The molecule has 0 aliphatic heterocycles. The molecule has 1 unspecified atom stereocenters. The van der Waals surface area contributed by atoms with Crippen molar-refractivity contribution in [3.8, 4) is 0 Å². The summed E-state index contributed by atoms with van der Waals surface area (Å²) in [5.41, 5.74) is 2.84. The standard InChI is InChI=1S/C17H19FIN/c1-3-9-20-17(13-5-4-6-15(19)10-13)14-8-7-12(2)16(18)11-14/h4-8,10-11,17,20H,3,9H2,1-2H3. The molecule has 1 N–H and O–H groups in total. The first-order chi connectivity index (χ1) is 9.61. The van der Waals surface area contributed by atoms with Crippen LogP contribution in [0.3, 0.4) is 0 Å². The van der Waals surface area contributed by atoms with Gasteiger partial charge in [-0.1, -0.05) is 31.2 Å². The molecule has 0 aromatic heterocycles. The van der Waals surface area contributed by atoms with Crippen molar-refractivity contribution in [3.63, 3.8) is 0 Å². The molecule has 0 bridgehead atoms. The Labute approximate surface area is 133 Å². The second kappa shape index (κ2) is 7.18. The molecule has 20 heavy (non-hydrogen) atoms. The van der Waals surface area contributed by atoms with Gasteiger partial charge in [-0.3, -0.25) is 0 Å². The molecule has 2 aromatic carbocycles. The van der Waals surface area contributed by atoms with Crippen LogP contribution in [0, 0.1) is 16.3 Å². The van der Waals surface area contributed by atoms with Crippen molar-refractivity contribution in [3.05, 3.63) is 68.5 Å². The largest absolute Gasteiger partial charge is 0.306 e. The van der Waals surface area contributed by atoms with E-state index in [1.807, 2.05) is 18.2 Å². The molecular weight excluding hydrogens is 364 g/mol. The van der Waals surface area contributed by atoms with Gasteiger partial charge in [0.05, 0.1) is 6.04 Å². The van der Waals surface area contributed by atoms with E-state index in [4.69, 9.17) is 0 Å². The number of halogens is 2. The Morgan fingerprint density at radius 2 is 1.90 bits per heavy atom. The van der Waals surface area contributed by atoms with Crippen LogP contribution in [-0.2, 0) is 0 Å². The zero-order valence-electron chi connectivity index (χ0n) is 11.8. The first-order valence-corrected chi connectivity index (χ1v) is 7.94. The lowest BCUT2D eigenvalue weighted by Crippen LogP contribution is -2.23. The summed E-state index contributed by atoms with van der Waals surface area (Å²) >= 11 is 2.31. The van der Waals surface area contributed by atoms with Crippen LogP contribution in [0.1, 0.15) is 36.1 Å². The summed E-state index contributed by atoms with van der Waals surface area (Å²) in [4.78, 5) is 0. The third-order valence-corrected chi connectivity index (χ3v) is 3.98. The van der Waals surface area contributed by atoms with E-state index in [-0.39, 0.29) is 11.9 Å². The Bertz CT molecular complexity index is 583. The minimum absolute atomic E-state index is 0.0414. The van der Waals surface area contributed by atoms with Gasteiger partial charge in [-0.15, -0.1) is 0 Å². The fraction of sp³-hybridized carbons (Fsp3) is 0.294. The highest BCUT2D eigenvalue weighted by atomic mass is 127. The number of benzene rings is 2. The highest BCUT2D eigenvalue weighted by Gasteiger charge is 2.14. The topological polar surface area (TPSA) is 12.0 Å². The zero-order valence-corrected chi connectivity index (χ0v) is 13.9. The van der Waals surface area contributed by atoms with Gasteiger partial charge in [0.1, 0.15) is 5.82 Å². The second-order valence-corrected chi connectivity index (χ2v) is 6.20. The van der Waals surface area contributed by atoms with Crippen LogP contribution in [0.2, 0.25) is 0 Å². The lowest BCUT2D eigenvalue weighted by atomic mass is 9.97. The quantitative estimate of drug-likeness (QED) is 0.730. The van der Waals surface area contributed by atoms with Crippen molar-refractivity contribution in [1.29, 1.82) is 0 Å². The number of aryl methyl sites for hydroxylation is 1. The van der Waals surface area contributed by atoms with Gasteiger partial charge < -0.3 is 5.32 Å². The first kappa shape index (κ1) is 15.4. The predicted molar refractivity (Wildman–Crippen MR) is 90.4 cm³/mol. The van der Waals surface area contributed by atoms with Crippen LogP contribution in [0.15, 0.2) is 42.5 Å². The SMILES string of the molecule is CCCNC(c1cccc(I)c1)c1ccc(C)c(F)c1. The molecule has 0 saturated carbocycles. The van der Waals surface area contributed by atoms with Gasteiger partial charge in [0.2, 0.25) is 0 Å². The highest BCUT2D eigenvalue weighted by molar-refractivity contribution is 14.1. The van der Waals surface area contributed by atoms with Gasteiger partial charge in [-0.25, -0.2) is 4.39 Å². The van der Waals surface area contributed by atoms with Crippen molar-refractivity contribution in [2.24, 2.45) is 0 Å².